The van der Waals surface area contributed by atoms with E-state index in [2.05, 4.69) is 9.88 Å². The van der Waals surface area contributed by atoms with Gasteiger partial charge in [0.2, 0.25) is 0 Å². The zero-order valence-electron chi connectivity index (χ0n) is 15.3. The molecule has 0 spiro atoms. The van der Waals surface area contributed by atoms with Gasteiger partial charge in [0.25, 0.3) is 5.91 Å². The van der Waals surface area contributed by atoms with Gasteiger partial charge in [-0.1, -0.05) is 6.07 Å². The summed E-state index contributed by atoms with van der Waals surface area (Å²) >= 11 is 0. The largest absolute Gasteiger partial charge is 0.375 e. The number of fused-ring (bicyclic) bond motifs is 2. The van der Waals surface area contributed by atoms with E-state index < -0.39 is 0 Å². The Morgan fingerprint density at radius 1 is 1.27 bits per heavy atom. The molecule has 5 rings (SSSR count). The molecule has 2 aromatic rings. The van der Waals surface area contributed by atoms with Crippen molar-refractivity contribution >= 4 is 11.6 Å². The topological polar surface area (TPSA) is 50.1 Å². The molecule has 0 bridgehead atoms. The number of hydrogen-bond donors (Lipinski definition) is 0. The lowest BCUT2D eigenvalue weighted by atomic mass is 10.1. The second-order valence-corrected chi connectivity index (χ2v) is 8.06. The lowest BCUT2D eigenvalue weighted by Crippen LogP contribution is -2.35. The van der Waals surface area contributed by atoms with Gasteiger partial charge in [-0.3, -0.25) is 4.79 Å². The van der Waals surface area contributed by atoms with Crippen molar-refractivity contribution in [2.24, 2.45) is 11.8 Å². The smallest absolute Gasteiger partial charge is 0.274 e. The van der Waals surface area contributed by atoms with Crippen molar-refractivity contribution in [3.8, 4) is 0 Å². The Morgan fingerprint density at radius 3 is 2.96 bits per heavy atom. The van der Waals surface area contributed by atoms with Crippen LogP contribution in [0.1, 0.15) is 29.0 Å². The van der Waals surface area contributed by atoms with E-state index in [4.69, 9.17) is 4.74 Å². The molecule has 6 nitrogen and oxygen atoms in total. The van der Waals surface area contributed by atoms with Crippen molar-refractivity contribution in [2.45, 2.75) is 25.9 Å². The summed E-state index contributed by atoms with van der Waals surface area (Å²) in [7, 11) is 0. The maximum atomic E-state index is 13.1. The van der Waals surface area contributed by atoms with Crippen LogP contribution in [0.25, 0.3) is 5.65 Å². The first kappa shape index (κ1) is 16.3. The van der Waals surface area contributed by atoms with Crippen LogP contribution in [0.3, 0.4) is 0 Å². The molecule has 26 heavy (non-hydrogen) atoms. The summed E-state index contributed by atoms with van der Waals surface area (Å²) < 4.78 is 8.08. The molecule has 1 saturated carbocycles. The van der Waals surface area contributed by atoms with E-state index in [0.717, 1.165) is 43.5 Å². The van der Waals surface area contributed by atoms with E-state index >= 15 is 0 Å². The number of carbonyl (C=O) groups is 1. The Morgan fingerprint density at radius 2 is 2.15 bits per heavy atom. The number of aromatic nitrogens is 2. The van der Waals surface area contributed by atoms with Gasteiger partial charge in [0.15, 0.2) is 0 Å². The molecule has 6 heteroatoms. The van der Waals surface area contributed by atoms with Gasteiger partial charge in [-0.2, -0.15) is 0 Å². The lowest BCUT2D eigenvalue weighted by molar-refractivity contribution is 0.0482. The first-order chi connectivity index (χ1) is 12.7. The summed E-state index contributed by atoms with van der Waals surface area (Å²) in [4.78, 5) is 22.2. The summed E-state index contributed by atoms with van der Waals surface area (Å²) in [5, 5.41) is 0. The number of likely N-dealkylation sites (tertiary alicyclic amines) is 1. The molecule has 2 saturated heterocycles. The van der Waals surface area contributed by atoms with Crippen LogP contribution in [-0.2, 0) is 4.74 Å². The molecular weight excluding hydrogens is 328 g/mol. The normalized spacial score (nSPS) is 26.9. The molecule has 0 unspecified atom stereocenters. The number of carbonyl (C=O) groups excluding carboxylic acids is 1. The van der Waals surface area contributed by atoms with Crippen LogP contribution in [0.15, 0.2) is 24.4 Å². The minimum Gasteiger partial charge on any atom is -0.375 e. The molecule has 4 heterocycles. The maximum Gasteiger partial charge on any atom is 0.274 e. The van der Waals surface area contributed by atoms with Crippen molar-refractivity contribution in [1.82, 2.24) is 19.2 Å². The fraction of sp³-hybridized carbons (Fsp3) is 0.600. The molecule has 3 aliphatic rings. The van der Waals surface area contributed by atoms with Gasteiger partial charge in [0.1, 0.15) is 11.3 Å². The number of nitrogens with zero attached hydrogens (tertiary/aromatic N) is 4. The van der Waals surface area contributed by atoms with Gasteiger partial charge in [-0.15, -0.1) is 0 Å². The minimum atomic E-state index is 0.0385. The fourth-order valence-electron chi connectivity index (χ4n) is 4.43. The van der Waals surface area contributed by atoms with Crippen molar-refractivity contribution in [1.29, 1.82) is 0 Å². The van der Waals surface area contributed by atoms with E-state index in [1.54, 1.807) is 0 Å². The Labute approximate surface area is 153 Å². The van der Waals surface area contributed by atoms with Crippen LogP contribution in [0, 0.1) is 18.8 Å². The number of pyridine rings is 1. The Bertz CT molecular complexity index is 828. The SMILES string of the molecule is Cc1c(C(=O)N2C[C@@H]3CN(CC4CC4)CCO[C@@H]3C2)nc2ccccn12. The Balaban J connectivity index is 1.33. The molecule has 3 fully saturated rings. The average molecular weight is 354 g/mol. The quantitative estimate of drug-likeness (QED) is 0.844. The highest BCUT2D eigenvalue weighted by Crippen LogP contribution is 2.32. The zero-order chi connectivity index (χ0) is 17.7. The third-order valence-corrected chi connectivity index (χ3v) is 6.09. The number of aryl methyl sites for hydroxylation is 1. The van der Waals surface area contributed by atoms with E-state index in [1.807, 2.05) is 40.6 Å². The molecule has 0 aromatic carbocycles. The number of rotatable bonds is 3. The first-order valence-electron chi connectivity index (χ1n) is 9.76. The van der Waals surface area contributed by atoms with E-state index in [9.17, 15) is 4.79 Å². The van der Waals surface area contributed by atoms with Crippen LogP contribution in [0.2, 0.25) is 0 Å². The maximum absolute atomic E-state index is 13.1. The van der Waals surface area contributed by atoms with Crippen molar-refractivity contribution in [3.05, 3.63) is 35.8 Å². The van der Waals surface area contributed by atoms with Gasteiger partial charge in [0, 0.05) is 44.8 Å². The molecule has 1 aliphatic carbocycles. The summed E-state index contributed by atoms with van der Waals surface area (Å²) in [6, 6.07) is 5.86. The van der Waals surface area contributed by atoms with Gasteiger partial charge >= 0.3 is 0 Å². The molecule has 2 aliphatic heterocycles. The summed E-state index contributed by atoms with van der Waals surface area (Å²) in [6.07, 6.45) is 4.88. The van der Waals surface area contributed by atoms with E-state index in [1.165, 1.54) is 19.4 Å². The predicted octanol–water partition coefficient (Wildman–Crippen LogP) is 1.83. The molecule has 2 aromatic heterocycles. The van der Waals surface area contributed by atoms with Crippen molar-refractivity contribution in [2.75, 3.05) is 39.3 Å². The standard InChI is InChI=1S/C20H26N4O2/c1-14-19(21-18-4-2-3-7-24(14)18)20(25)23-12-16-11-22(10-15-5-6-15)8-9-26-17(16)13-23/h2-4,7,15-17H,5-6,8-13H2,1H3/t16-,17+/m0/s1. The van der Waals surface area contributed by atoms with E-state index in [-0.39, 0.29) is 12.0 Å². The van der Waals surface area contributed by atoms with Gasteiger partial charge in [-0.05, 0) is 37.8 Å². The fourth-order valence-corrected chi connectivity index (χ4v) is 4.43. The predicted molar refractivity (Wildman–Crippen MR) is 98.2 cm³/mol. The summed E-state index contributed by atoms with van der Waals surface area (Å²) in [5.41, 5.74) is 2.31. The second-order valence-electron chi connectivity index (χ2n) is 8.06. The third kappa shape index (κ3) is 2.91. The minimum absolute atomic E-state index is 0.0385. The van der Waals surface area contributed by atoms with E-state index in [0.29, 0.717) is 18.2 Å². The molecule has 2 atom stereocenters. The number of hydrogen-bond acceptors (Lipinski definition) is 4. The van der Waals surface area contributed by atoms with Crippen molar-refractivity contribution < 1.29 is 9.53 Å². The second kappa shape index (κ2) is 6.35. The molecular formula is C20H26N4O2. The first-order valence-corrected chi connectivity index (χ1v) is 9.76. The molecule has 138 valence electrons. The number of ether oxygens (including phenoxy) is 1. The molecule has 0 N–H and O–H groups in total. The highest BCUT2D eigenvalue weighted by atomic mass is 16.5. The monoisotopic (exact) mass is 354 g/mol. The Kier molecular flexibility index (Phi) is 3.98. The van der Waals surface area contributed by atoms with Crippen LogP contribution >= 0.6 is 0 Å². The van der Waals surface area contributed by atoms with Gasteiger partial charge in [-0.25, -0.2) is 4.98 Å². The Hall–Kier alpha value is -1.92. The highest BCUT2D eigenvalue weighted by molar-refractivity contribution is 5.94. The molecule has 0 radical (unpaired) electrons. The van der Waals surface area contributed by atoms with Crippen LogP contribution < -0.4 is 0 Å². The number of imidazole rings is 1. The lowest BCUT2D eigenvalue weighted by Gasteiger charge is -2.23. The van der Waals surface area contributed by atoms with Gasteiger partial charge < -0.3 is 18.9 Å². The van der Waals surface area contributed by atoms with Crippen molar-refractivity contribution in [3.63, 3.8) is 0 Å². The molecule has 1 amide bonds. The van der Waals surface area contributed by atoms with Gasteiger partial charge in [0.05, 0.1) is 18.4 Å². The zero-order valence-corrected chi connectivity index (χ0v) is 15.3. The summed E-state index contributed by atoms with van der Waals surface area (Å²) in [6.45, 7) is 7.49. The summed E-state index contributed by atoms with van der Waals surface area (Å²) in [5.74, 6) is 1.35. The average Bonchev–Trinajstić information content (AvgIpc) is 3.33. The highest BCUT2D eigenvalue weighted by Gasteiger charge is 2.40. The number of amides is 1. The van der Waals surface area contributed by atoms with Crippen LogP contribution in [0.5, 0.6) is 0 Å². The van der Waals surface area contributed by atoms with Crippen LogP contribution in [0.4, 0.5) is 0 Å². The third-order valence-electron chi connectivity index (χ3n) is 6.09. The van der Waals surface area contributed by atoms with Crippen LogP contribution in [-0.4, -0.2) is 70.5 Å².